The van der Waals surface area contributed by atoms with E-state index < -0.39 is 5.54 Å². The highest BCUT2D eigenvalue weighted by Gasteiger charge is 2.55. The van der Waals surface area contributed by atoms with Crippen molar-refractivity contribution in [3.8, 4) is 0 Å². The minimum atomic E-state index is -0.770. The zero-order chi connectivity index (χ0) is 9.76. The summed E-state index contributed by atoms with van der Waals surface area (Å²) in [7, 11) is 0. The maximum Gasteiger partial charge on any atom is 0.255 e. The number of nitrogens with one attached hydrogen (secondary N) is 2. The molecule has 1 fully saturated rings. The van der Waals surface area contributed by atoms with E-state index in [1.54, 1.807) is 0 Å². The zero-order valence-electron chi connectivity index (χ0n) is 7.33. The number of rotatable bonds is 0. The van der Waals surface area contributed by atoms with E-state index >= 15 is 0 Å². The van der Waals surface area contributed by atoms with E-state index in [1.165, 1.54) is 0 Å². The van der Waals surface area contributed by atoms with Crippen LogP contribution in [0.2, 0.25) is 0 Å². The maximum absolute atomic E-state index is 11.7. The Morgan fingerprint density at radius 3 is 2.64 bits per heavy atom. The average molecular weight is 188 g/mol. The second-order valence-corrected chi connectivity index (χ2v) is 3.63. The molecule has 2 heterocycles. The molecule has 0 bridgehead atoms. The smallest absolute Gasteiger partial charge is 0.255 e. The van der Waals surface area contributed by atoms with Gasteiger partial charge in [-0.3, -0.25) is 9.59 Å². The van der Waals surface area contributed by atoms with Crippen LogP contribution in [0.15, 0.2) is 24.3 Å². The molecule has 3 rings (SSSR count). The Morgan fingerprint density at radius 2 is 1.93 bits per heavy atom. The van der Waals surface area contributed by atoms with Crippen molar-refractivity contribution >= 4 is 17.5 Å². The van der Waals surface area contributed by atoms with Gasteiger partial charge >= 0.3 is 0 Å². The van der Waals surface area contributed by atoms with Gasteiger partial charge in [-0.2, -0.15) is 0 Å². The third-order valence-corrected chi connectivity index (χ3v) is 2.80. The molecule has 2 aliphatic rings. The molecule has 0 aliphatic carbocycles. The second-order valence-electron chi connectivity index (χ2n) is 3.63. The number of amides is 2. The molecular weight excluding hydrogens is 180 g/mol. The highest BCUT2D eigenvalue weighted by Crippen LogP contribution is 2.42. The lowest BCUT2D eigenvalue weighted by Gasteiger charge is -2.36. The highest BCUT2D eigenvalue weighted by atomic mass is 16.2. The number of hydrogen-bond donors (Lipinski definition) is 2. The van der Waals surface area contributed by atoms with E-state index in [2.05, 4.69) is 10.6 Å². The molecule has 0 saturated carbocycles. The number of carbonyl (C=O) groups is 2. The predicted molar refractivity (Wildman–Crippen MR) is 49.5 cm³/mol. The summed E-state index contributed by atoms with van der Waals surface area (Å²) >= 11 is 0. The number of β-lactam (4-membered cyclic amide) rings is 1. The van der Waals surface area contributed by atoms with E-state index in [-0.39, 0.29) is 18.2 Å². The highest BCUT2D eigenvalue weighted by molar-refractivity contribution is 6.13. The molecule has 1 spiro atoms. The third-order valence-electron chi connectivity index (χ3n) is 2.80. The van der Waals surface area contributed by atoms with Crippen LogP contribution < -0.4 is 10.6 Å². The van der Waals surface area contributed by atoms with E-state index in [0.717, 1.165) is 11.3 Å². The SMILES string of the molecule is O=C1C[C@@]2(N1)C(=O)Nc1ccccc12. The van der Waals surface area contributed by atoms with E-state index in [0.29, 0.717) is 0 Å². The summed E-state index contributed by atoms with van der Waals surface area (Å²) in [6.45, 7) is 0. The fourth-order valence-corrected chi connectivity index (χ4v) is 2.08. The summed E-state index contributed by atoms with van der Waals surface area (Å²) in [6, 6.07) is 7.43. The molecule has 1 aromatic rings. The van der Waals surface area contributed by atoms with Crippen LogP contribution in [0, 0.1) is 0 Å². The van der Waals surface area contributed by atoms with Gasteiger partial charge in [-0.25, -0.2) is 0 Å². The monoisotopic (exact) mass is 188 g/mol. The molecule has 1 saturated heterocycles. The summed E-state index contributed by atoms with van der Waals surface area (Å²) in [5.41, 5.74) is 0.912. The first-order valence-corrected chi connectivity index (χ1v) is 4.44. The van der Waals surface area contributed by atoms with Crippen LogP contribution >= 0.6 is 0 Å². The Labute approximate surface area is 80.3 Å². The summed E-state index contributed by atoms with van der Waals surface area (Å²) in [4.78, 5) is 22.6. The van der Waals surface area contributed by atoms with Crippen molar-refractivity contribution in [2.75, 3.05) is 5.32 Å². The molecule has 2 aliphatic heterocycles. The number of anilines is 1. The number of carbonyl (C=O) groups excluding carboxylic acids is 2. The zero-order valence-corrected chi connectivity index (χ0v) is 7.33. The van der Waals surface area contributed by atoms with Gasteiger partial charge in [-0.1, -0.05) is 18.2 Å². The first kappa shape index (κ1) is 7.55. The van der Waals surface area contributed by atoms with Gasteiger partial charge in [-0.15, -0.1) is 0 Å². The molecule has 4 heteroatoms. The molecule has 0 radical (unpaired) electrons. The normalized spacial score (nSPS) is 28.0. The maximum atomic E-state index is 11.7. The van der Waals surface area contributed by atoms with Gasteiger partial charge < -0.3 is 10.6 Å². The van der Waals surface area contributed by atoms with Gasteiger partial charge in [-0.05, 0) is 6.07 Å². The van der Waals surface area contributed by atoms with Crippen LogP contribution in [0.3, 0.4) is 0 Å². The second kappa shape index (κ2) is 2.15. The standard InChI is InChI=1S/C10H8N2O2/c13-8-5-10(12-8)6-3-1-2-4-7(6)11-9(10)14/h1-4H,5H2,(H,11,14)(H,12,13)/t10-/m0/s1. The lowest BCUT2D eigenvalue weighted by Crippen LogP contribution is -2.62. The van der Waals surface area contributed by atoms with E-state index in [9.17, 15) is 9.59 Å². The quantitative estimate of drug-likeness (QED) is 0.577. The Bertz CT molecular complexity index is 445. The lowest BCUT2D eigenvalue weighted by atomic mass is 9.81. The molecule has 4 nitrogen and oxygen atoms in total. The fraction of sp³-hybridized carbons (Fsp3) is 0.200. The molecule has 14 heavy (non-hydrogen) atoms. The van der Waals surface area contributed by atoms with Crippen molar-refractivity contribution in [3.63, 3.8) is 0 Å². The van der Waals surface area contributed by atoms with Crippen LogP contribution in [-0.4, -0.2) is 11.8 Å². The number of hydrogen-bond acceptors (Lipinski definition) is 2. The lowest BCUT2D eigenvalue weighted by molar-refractivity contribution is -0.141. The first-order valence-electron chi connectivity index (χ1n) is 4.44. The molecule has 2 N–H and O–H groups in total. The van der Waals surface area contributed by atoms with Gasteiger partial charge in [0, 0.05) is 11.3 Å². The van der Waals surface area contributed by atoms with E-state index in [4.69, 9.17) is 0 Å². The summed E-state index contributed by atoms with van der Waals surface area (Å²) < 4.78 is 0. The summed E-state index contributed by atoms with van der Waals surface area (Å²) in [5, 5.41) is 5.43. The van der Waals surface area contributed by atoms with Crippen LogP contribution in [0.4, 0.5) is 5.69 Å². The van der Waals surface area contributed by atoms with Crippen molar-refractivity contribution in [2.45, 2.75) is 12.0 Å². The van der Waals surface area contributed by atoms with Gasteiger partial charge in [0.15, 0.2) is 5.54 Å². The van der Waals surface area contributed by atoms with Crippen molar-refractivity contribution in [1.29, 1.82) is 0 Å². The van der Waals surface area contributed by atoms with Crippen LogP contribution in [-0.2, 0) is 15.1 Å². The molecule has 1 aromatic carbocycles. The number of fused-ring (bicyclic) bond motifs is 2. The minimum Gasteiger partial charge on any atom is -0.337 e. The Balaban J connectivity index is 2.16. The molecule has 0 aromatic heterocycles. The summed E-state index contributed by atoms with van der Waals surface area (Å²) in [5.74, 6) is -0.199. The Morgan fingerprint density at radius 1 is 1.21 bits per heavy atom. The van der Waals surface area contributed by atoms with E-state index in [1.807, 2.05) is 24.3 Å². The van der Waals surface area contributed by atoms with Gasteiger partial charge in [0.05, 0.1) is 6.42 Å². The topological polar surface area (TPSA) is 58.2 Å². The molecule has 70 valence electrons. The molecule has 0 unspecified atom stereocenters. The minimum absolute atomic E-state index is 0.0724. The summed E-state index contributed by atoms with van der Waals surface area (Å²) in [6.07, 6.45) is 0.260. The van der Waals surface area contributed by atoms with Gasteiger partial charge in [0.25, 0.3) is 5.91 Å². The van der Waals surface area contributed by atoms with Crippen LogP contribution in [0.5, 0.6) is 0 Å². The first-order chi connectivity index (χ1) is 6.72. The van der Waals surface area contributed by atoms with Gasteiger partial charge in [0.1, 0.15) is 0 Å². The molecular formula is C10H8N2O2. The fourth-order valence-electron chi connectivity index (χ4n) is 2.08. The third kappa shape index (κ3) is 0.690. The predicted octanol–water partition coefficient (Wildman–Crippen LogP) is 0.354. The van der Waals surface area contributed by atoms with Crippen molar-refractivity contribution < 1.29 is 9.59 Å². The van der Waals surface area contributed by atoms with Crippen molar-refractivity contribution in [3.05, 3.63) is 29.8 Å². The van der Waals surface area contributed by atoms with Gasteiger partial charge in [0.2, 0.25) is 5.91 Å². The van der Waals surface area contributed by atoms with Crippen molar-refractivity contribution in [1.82, 2.24) is 5.32 Å². The number of para-hydroxylation sites is 1. The molecule has 2 amide bonds. The Kier molecular flexibility index (Phi) is 1.16. The van der Waals surface area contributed by atoms with Crippen molar-refractivity contribution in [2.24, 2.45) is 0 Å². The largest absolute Gasteiger partial charge is 0.337 e. The average Bonchev–Trinajstić information content (AvgIpc) is 2.40. The van der Waals surface area contributed by atoms with Crippen LogP contribution in [0.1, 0.15) is 12.0 Å². The molecule has 1 atom stereocenters. The van der Waals surface area contributed by atoms with Crippen LogP contribution in [0.25, 0.3) is 0 Å². The number of benzene rings is 1. The Hall–Kier alpha value is -1.84.